The molecule has 1 aliphatic heterocycles. The van der Waals surface area contributed by atoms with Crippen molar-refractivity contribution in [1.82, 2.24) is 9.55 Å². The standard InChI is InChI=1S/C21H24N4O2/c1-2-11-25-19-6-4-3-5-18(19)22-21(25)23-20(26)16-7-9-17(10-8-16)24-12-14-27-15-13-24/h3-10H,2,11-15H2,1H3,(H,22,23,26). The number of aryl methyl sites for hydroxylation is 1. The minimum atomic E-state index is -0.142. The summed E-state index contributed by atoms with van der Waals surface area (Å²) in [6.45, 7) is 6.18. The van der Waals surface area contributed by atoms with E-state index in [1.165, 1.54) is 0 Å². The van der Waals surface area contributed by atoms with Gasteiger partial charge in [-0.3, -0.25) is 10.1 Å². The number of hydrogen-bond acceptors (Lipinski definition) is 4. The van der Waals surface area contributed by atoms with Gasteiger partial charge in [0.05, 0.1) is 24.2 Å². The molecule has 1 fully saturated rings. The van der Waals surface area contributed by atoms with Crippen molar-refractivity contribution in [3.8, 4) is 0 Å². The molecule has 1 aliphatic rings. The fraction of sp³-hybridized carbons (Fsp3) is 0.333. The predicted molar refractivity (Wildman–Crippen MR) is 107 cm³/mol. The molecule has 0 radical (unpaired) electrons. The second-order valence-electron chi connectivity index (χ2n) is 6.68. The van der Waals surface area contributed by atoms with Gasteiger partial charge in [0.1, 0.15) is 0 Å². The first-order valence-corrected chi connectivity index (χ1v) is 9.45. The summed E-state index contributed by atoms with van der Waals surface area (Å²) in [5.74, 6) is 0.455. The summed E-state index contributed by atoms with van der Waals surface area (Å²) in [5, 5.41) is 2.98. The highest BCUT2D eigenvalue weighted by Gasteiger charge is 2.15. The van der Waals surface area contributed by atoms with Crippen molar-refractivity contribution in [2.45, 2.75) is 19.9 Å². The highest BCUT2D eigenvalue weighted by Crippen LogP contribution is 2.21. The summed E-state index contributed by atoms with van der Waals surface area (Å²) in [4.78, 5) is 19.6. The number of hydrogen-bond donors (Lipinski definition) is 1. The minimum Gasteiger partial charge on any atom is -0.378 e. The highest BCUT2D eigenvalue weighted by molar-refractivity contribution is 6.04. The third kappa shape index (κ3) is 3.66. The van der Waals surface area contributed by atoms with Crippen molar-refractivity contribution in [1.29, 1.82) is 0 Å². The predicted octanol–water partition coefficient (Wildman–Crippen LogP) is 3.54. The molecular weight excluding hydrogens is 340 g/mol. The number of amides is 1. The van der Waals surface area contributed by atoms with Gasteiger partial charge in [0.15, 0.2) is 0 Å². The molecule has 0 saturated carbocycles. The highest BCUT2D eigenvalue weighted by atomic mass is 16.5. The van der Waals surface area contributed by atoms with Crippen LogP contribution in [0.25, 0.3) is 11.0 Å². The number of carbonyl (C=O) groups excluding carboxylic acids is 1. The van der Waals surface area contributed by atoms with Gasteiger partial charge < -0.3 is 14.2 Å². The minimum absolute atomic E-state index is 0.142. The number of benzene rings is 2. The molecule has 6 nitrogen and oxygen atoms in total. The van der Waals surface area contributed by atoms with E-state index in [2.05, 4.69) is 26.7 Å². The SMILES string of the molecule is CCCn1c(NC(=O)c2ccc(N3CCOCC3)cc2)nc2ccccc21. The topological polar surface area (TPSA) is 59.4 Å². The molecule has 4 rings (SSSR count). The molecule has 0 aliphatic carbocycles. The molecule has 6 heteroatoms. The average Bonchev–Trinajstić information content (AvgIpc) is 3.06. The van der Waals surface area contributed by atoms with Gasteiger partial charge in [0.25, 0.3) is 5.91 Å². The van der Waals surface area contributed by atoms with Crippen LogP contribution in [0.4, 0.5) is 11.6 Å². The van der Waals surface area contributed by atoms with Crippen LogP contribution in [0.5, 0.6) is 0 Å². The molecule has 2 heterocycles. The van der Waals surface area contributed by atoms with Crippen LogP contribution in [0.3, 0.4) is 0 Å². The number of nitrogens with one attached hydrogen (secondary N) is 1. The van der Waals surface area contributed by atoms with E-state index in [0.29, 0.717) is 11.5 Å². The number of nitrogens with zero attached hydrogens (tertiary/aromatic N) is 3. The fourth-order valence-corrected chi connectivity index (χ4v) is 3.44. The molecule has 1 N–H and O–H groups in total. The maximum absolute atomic E-state index is 12.7. The summed E-state index contributed by atoms with van der Waals surface area (Å²) in [7, 11) is 0. The fourth-order valence-electron chi connectivity index (χ4n) is 3.44. The first kappa shape index (κ1) is 17.5. The average molecular weight is 364 g/mol. The Morgan fingerprint density at radius 1 is 1.11 bits per heavy atom. The molecule has 1 amide bonds. The van der Waals surface area contributed by atoms with Crippen molar-refractivity contribution in [2.24, 2.45) is 0 Å². The van der Waals surface area contributed by atoms with Crippen LogP contribution in [0, 0.1) is 0 Å². The normalized spacial score (nSPS) is 14.5. The van der Waals surface area contributed by atoms with Crippen molar-refractivity contribution in [2.75, 3.05) is 36.5 Å². The van der Waals surface area contributed by atoms with Crippen LogP contribution in [-0.4, -0.2) is 41.8 Å². The van der Waals surface area contributed by atoms with Crippen LogP contribution < -0.4 is 10.2 Å². The second-order valence-corrected chi connectivity index (χ2v) is 6.68. The lowest BCUT2D eigenvalue weighted by Gasteiger charge is -2.28. The summed E-state index contributed by atoms with van der Waals surface area (Å²) in [6.07, 6.45) is 0.970. The Hall–Kier alpha value is -2.86. The molecule has 2 aromatic carbocycles. The number of rotatable bonds is 5. The second kappa shape index (κ2) is 7.80. The monoisotopic (exact) mass is 364 g/mol. The zero-order chi connectivity index (χ0) is 18.6. The number of imidazole rings is 1. The van der Waals surface area contributed by atoms with Crippen molar-refractivity contribution in [3.63, 3.8) is 0 Å². The Balaban J connectivity index is 1.53. The van der Waals surface area contributed by atoms with Gasteiger partial charge in [-0.15, -0.1) is 0 Å². The third-order valence-corrected chi connectivity index (χ3v) is 4.83. The largest absolute Gasteiger partial charge is 0.378 e. The van der Waals surface area contributed by atoms with Gasteiger partial charge in [-0.1, -0.05) is 19.1 Å². The van der Waals surface area contributed by atoms with E-state index < -0.39 is 0 Å². The van der Waals surface area contributed by atoms with E-state index in [9.17, 15) is 4.79 Å². The van der Waals surface area contributed by atoms with Crippen LogP contribution in [-0.2, 0) is 11.3 Å². The smallest absolute Gasteiger partial charge is 0.257 e. The number of carbonyl (C=O) groups is 1. The quantitative estimate of drug-likeness (QED) is 0.752. The first-order valence-electron chi connectivity index (χ1n) is 9.45. The zero-order valence-corrected chi connectivity index (χ0v) is 15.5. The van der Waals surface area contributed by atoms with E-state index in [4.69, 9.17) is 4.74 Å². The zero-order valence-electron chi connectivity index (χ0n) is 15.5. The molecule has 1 aromatic heterocycles. The van der Waals surface area contributed by atoms with Crippen molar-refractivity contribution < 1.29 is 9.53 Å². The van der Waals surface area contributed by atoms with Crippen LogP contribution in [0.1, 0.15) is 23.7 Å². The van der Waals surface area contributed by atoms with Gasteiger partial charge in [-0.05, 0) is 42.8 Å². The maximum atomic E-state index is 12.7. The van der Waals surface area contributed by atoms with Crippen LogP contribution >= 0.6 is 0 Å². The number of morpholine rings is 1. The molecule has 0 atom stereocenters. The number of anilines is 2. The van der Waals surface area contributed by atoms with Gasteiger partial charge in [0.2, 0.25) is 5.95 Å². The van der Waals surface area contributed by atoms with E-state index in [-0.39, 0.29) is 5.91 Å². The lowest BCUT2D eigenvalue weighted by atomic mass is 10.2. The molecule has 0 unspecified atom stereocenters. The van der Waals surface area contributed by atoms with Gasteiger partial charge in [-0.2, -0.15) is 0 Å². The number of ether oxygens (including phenoxy) is 1. The maximum Gasteiger partial charge on any atom is 0.257 e. The number of fused-ring (bicyclic) bond motifs is 1. The van der Waals surface area contributed by atoms with Gasteiger partial charge >= 0.3 is 0 Å². The number of aromatic nitrogens is 2. The lowest BCUT2D eigenvalue weighted by molar-refractivity contribution is 0.102. The molecule has 0 spiro atoms. The Bertz CT molecular complexity index is 927. The summed E-state index contributed by atoms with van der Waals surface area (Å²) in [6, 6.07) is 15.7. The summed E-state index contributed by atoms with van der Waals surface area (Å²) < 4.78 is 7.46. The molecular formula is C21H24N4O2. The first-order chi connectivity index (χ1) is 13.3. The van der Waals surface area contributed by atoms with Gasteiger partial charge in [0, 0.05) is 30.9 Å². The van der Waals surface area contributed by atoms with E-state index in [1.807, 2.05) is 48.5 Å². The summed E-state index contributed by atoms with van der Waals surface area (Å²) >= 11 is 0. The van der Waals surface area contributed by atoms with Crippen LogP contribution in [0.15, 0.2) is 48.5 Å². The number of para-hydroxylation sites is 2. The van der Waals surface area contributed by atoms with Crippen LogP contribution in [0.2, 0.25) is 0 Å². The molecule has 3 aromatic rings. The van der Waals surface area contributed by atoms with E-state index in [0.717, 1.165) is 56.0 Å². The Labute approximate surface area is 158 Å². The Morgan fingerprint density at radius 3 is 2.59 bits per heavy atom. The Morgan fingerprint density at radius 2 is 1.85 bits per heavy atom. The Kier molecular flexibility index (Phi) is 5.07. The van der Waals surface area contributed by atoms with E-state index in [1.54, 1.807) is 0 Å². The molecule has 1 saturated heterocycles. The lowest BCUT2D eigenvalue weighted by Crippen LogP contribution is -2.36. The van der Waals surface area contributed by atoms with Crippen molar-refractivity contribution in [3.05, 3.63) is 54.1 Å². The van der Waals surface area contributed by atoms with E-state index >= 15 is 0 Å². The van der Waals surface area contributed by atoms with Crippen molar-refractivity contribution >= 4 is 28.6 Å². The molecule has 27 heavy (non-hydrogen) atoms. The molecule has 140 valence electrons. The molecule has 0 bridgehead atoms. The summed E-state index contributed by atoms with van der Waals surface area (Å²) in [5.41, 5.74) is 3.68. The third-order valence-electron chi connectivity index (χ3n) is 4.83. The van der Waals surface area contributed by atoms with Gasteiger partial charge in [-0.25, -0.2) is 4.98 Å².